The summed E-state index contributed by atoms with van der Waals surface area (Å²) in [4.78, 5) is 37.3. The summed E-state index contributed by atoms with van der Waals surface area (Å²) in [7, 11) is -4.02. The zero-order valence-corrected chi connectivity index (χ0v) is 12.8. The summed E-state index contributed by atoms with van der Waals surface area (Å²) in [5.74, 6) is -2.55. The van der Waals surface area contributed by atoms with Crippen molar-refractivity contribution in [3.8, 4) is 0 Å². The smallest absolute Gasteiger partial charge is 0.326 e. The molecule has 1 unspecified atom stereocenters. The van der Waals surface area contributed by atoms with Gasteiger partial charge in [-0.15, -0.1) is 0 Å². The van der Waals surface area contributed by atoms with Crippen molar-refractivity contribution in [1.29, 1.82) is 0 Å². The third-order valence-electron chi connectivity index (χ3n) is 3.50. The molecule has 1 fully saturated rings. The van der Waals surface area contributed by atoms with Crippen LogP contribution in [0.3, 0.4) is 0 Å². The number of nitrogens with one attached hydrogen (secondary N) is 2. The maximum atomic E-state index is 12.0. The van der Waals surface area contributed by atoms with Gasteiger partial charge in [-0.05, 0) is 18.9 Å². The van der Waals surface area contributed by atoms with E-state index in [1.807, 2.05) is 0 Å². The average Bonchev–Trinajstić information content (AvgIpc) is 3.13. The summed E-state index contributed by atoms with van der Waals surface area (Å²) in [6.45, 7) is -0.295. The Morgan fingerprint density at radius 3 is 2.70 bits per heavy atom. The molecule has 0 spiro atoms. The second kappa shape index (κ2) is 6.38. The number of likely N-dealkylation sites (tertiary alicyclic amines) is 1. The average molecular weight is 344 g/mol. The van der Waals surface area contributed by atoms with Crippen molar-refractivity contribution in [3.05, 3.63) is 18.0 Å². The molecule has 1 aliphatic rings. The van der Waals surface area contributed by atoms with Crippen molar-refractivity contribution >= 4 is 27.8 Å². The number of rotatable bonds is 6. The molecule has 2 rings (SSSR count). The Kier molecular flexibility index (Phi) is 4.71. The highest BCUT2D eigenvalue weighted by atomic mass is 32.2. The summed E-state index contributed by atoms with van der Waals surface area (Å²) in [6.07, 6.45) is 1.96. The number of H-pyrrole nitrogens is 1. The van der Waals surface area contributed by atoms with E-state index in [2.05, 4.69) is 9.71 Å². The molecule has 10 nitrogen and oxygen atoms in total. The van der Waals surface area contributed by atoms with Crippen molar-refractivity contribution < 1.29 is 27.9 Å². The molecule has 2 heterocycles. The fraction of sp³-hybridized carbons (Fsp3) is 0.417. The Morgan fingerprint density at radius 2 is 2.13 bits per heavy atom. The lowest BCUT2D eigenvalue weighted by Gasteiger charge is -2.21. The number of nitrogens with zero attached hydrogens (tertiary/aromatic N) is 1. The van der Waals surface area contributed by atoms with E-state index in [4.69, 9.17) is 10.8 Å². The van der Waals surface area contributed by atoms with Gasteiger partial charge in [0.15, 0.2) is 0 Å². The highest BCUT2D eigenvalue weighted by molar-refractivity contribution is 7.89. The lowest BCUT2D eigenvalue weighted by Crippen LogP contribution is -2.45. The fourth-order valence-corrected chi connectivity index (χ4v) is 3.30. The predicted octanol–water partition coefficient (Wildman–Crippen LogP) is -1.53. The second-order valence-electron chi connectivity index (χ2n) is 5.02. The zero-order valence-electron chi connectivity index (χ0n) is 12.0. The van der Waals surface area contributed by atoms with E-state index in [9.17, 15) is 22.8 Å². The van der Waals surface area contributed by atoms with Crippen molar-refractivity contribution in [2.45, 2.75) is 23.8 Å². The maximum Gasteiger partial charge on any atom is 0.326 e. The van der Waals surface area contributed by atoms with Crippen LogP contribution in [0.4, 0.5) is 0 Å². The normalized spacial score (nSPS) is 18.1. The summed E-state index contributed by atoms with van der Waals surface area (Å²) < 4.78 is 26.1. The van der Waals surface area contributed by atoms with Crippen LogP contribution < -0.4 is 10.5 Å². The van der Waals surface area contributed by atoms with Gasteiger partial charge in [0.2, 0.25) is 15.9 Å². The molecule has 1 saturated heterocycles. The topological polar surface area (TPSA) is 163 Å². The SMILES string of the molecule is NC(=O)c1cc(S(=O)(=O)NCC(=O)N2CCCC2C(=O)O)c[nH]1. The molecule has 126 valence electrons. The number of amides is 2. The van der Waals surface area contributed by atoms with Crippen LogP contribution in [0.25, 0.3) is 0 Å². The molecule has 5 N–H and O–H groups in total. The van der Waals surface area contributed by atoms with Crippen LogP contribution in [-0.2, 0) is 19.6 Å². The number of hydrogen-bond acceptors (Lipinski definition) is 5. The molecule has 1 aliphatic heterocycles. The summed E-state index contributed by atoms with van der Waals surface area (Å²) in [5, 5.41) is 9.01. The first kappa shape index (κ1) is 17.0. The lowest BCUT2D eigenvalue weighted by molar-refractivity contribution is -0.147. The number of aliphatic carboxylic acids is 1. The van der Waals surface area contributed by atoms with E-state index in [0.717, 1.165) is 17.2 Å². The third-order valence-corrected chi connectivity index (χ3v) is 4.88. The number of aromatic amines is 1. The number of nitrogens with two attached hydrogens (primary N) is 1. The molecular formula is C12H16N4O6S. The molecule has 2 amide bonds. The van der Waals surface area contributed by atoms with Crippen LogP contribution in [-0.4, -0.2) is 60.3 Å². The number of aromatic nitrogens is 1. The molecule has 1 aromatic heterocycles. The van der Waals surface area contributed by atoms with E-state index in [0.29, 0.717) is 12.8 Å². The standard InChI is InChI=1S/C12H16N4O6S/c13-11(18)8-4-7(5-14-8)23(21,22)15-6-10(17)16-3-1-2-9(16)12(19)20/h4-5,9,14-15H,1-3,6H2,(H2,13,18)(H,19,20). The van der Waals surface area contributed by atoms with E-state index >= 15 is 0 Å². The first-order valence-electron chi connectivity index (χ1n) is 6.72. The number of carbonyl (C=O) groups is 3. The molecule has 11 heteroatoms. The summed E-state index contributed by atoms with van der Waals surface area (Å²) in [6, 6.07) is 0.117. The predicted molar refractivity (Wildman–Crippen MR) is 76.9 cm³/mol. The second-order valence-corrected chi connectivity index (χ2v) is 6.79. The Morgan fingerprint density at radius 1 is 1.43 bits per heavy atom. The van der Waals surface area contributed by atoms with Gasteiger partial charge in [0.1, 0.15) is 16.6 Å². The van der Waals surface area contributed by atoms with Gasteiger partial charge in [-0.3, -0.25) is 9.59 Å². The van der Waals surface area contributed by atoms with Crippen LogP contribution >= 0.6 is 0 Å². The van der Waals surface area contributed by atoms with Crippen LogP contribution in [0.2, 0.25) is 0 Å². The van der Waals surface area contributed by atoms with Gasteiger partial charge in [-0.25, -0.2) is 17.9 Å². The fourth-order valence-electron chi connectivity index (χ4n) is 2.34. The first-order valence-corrected chi connectivity index (χ1v) is 8.21. The molecular weight excluding hydrogens is 328 g/mol. The molecule has 0 radical (unpaired) electrons. The van der Waals surface area contributed by atoms with Gasteiger partial charge >= 0.3 is 5.97 Å². The van der Waals surface area contributed by atoms with Crippen LogP contribution in [0.1, 0.15) is 23.3 Å². The van der Waals surface area contributed by atoms with Gasteiger partial charge < -0.3 is 20.7 Å². The minimum atomic E-state index is -4.02. The minimum absolute atomic E-state index is 0.0813. The van der Waals surface area contributed by atoms with E-state index in [1.165, 1.54) is 0 Å². The molecule has 0 aromatic carbocycles. The number of hydrogen-bond donors (Lipinski definition) is 4. The number of carboxylic acids is 1. The van der Waals surface area contributed by atoms with Crippen molar-refractivity contribution in [3.63, 3.8) is 0 Å². The molecule has 0 bridgehead atoms. The van der Waals surface area contributed by atoms with Gasteiger partial charge in [-0.2, -0.15) is 0 Å². The highest BCUT2D eigenvalue weighted by Gasteiger charge is 2.34. The van der Waals surface area contributed by atoms with Gasteiger partial charge in [0.05, 0.1) is 6.54 Å². The summed E-state index contributed by atoms with van der Waals surface area (Å²) >= 11 is 0. The van der Waals surface area contributed by atoms with Crippen molar-refractivity contribution in [1.82, 2.24) is 14.6 Å². The van der Waals surface area contributed by atoms with Crippen molar-refractivity contribution in [2.75, 3.05) is 13.1 Å². The minimum Gasteiger partial charge on any atom is -0.480 e. The maximum absolute atomic E-state index is 12.0. The number of sulfonamides is 1. The molecule has 23 heavy (non-hydrogen) atoms. The quantitative estimate of drug-likeness (QED) is 0.489. The largest absolute Gasteiger partial charge is 0.480 e. The lowest BCUT2D eigenvalue weighted by atomic mass is 10.2. The van der Waals surface area contributed by atoms with Crippen LogP contribution in [0, 0.1) is 0 Å². The molecule has 1 atom stereocenters. The summed E-state index contributed by atoms with van der Waals surface area (Å²) in [5.41, 5.74) is 4.94. The van der Waals surface area contributed by atoms with Gasteiger partial charge in [-0.1, -0.05) is 0 Å². The van der Waals surface area contributed by atoms with E-state index in [-0.39, 0.29) is 17.1 Å². The van der Waals surface area contributed by atoms with Crippen LogP contribution in [0.5, 0.6) is 0 Å². The third kappa shape index (κ3) is 3.68. The van der Waals surface area contributed by atoms with Crippen molar-refractivity contribution in [2.24, 2.45) is 5.73 Å². The number of primary amides is 1. The monoisotopic (exact) mass is 344 g/mol. The molecule has 0 aliphatic carbocycles. The Labute approximate surface area is 131 Å². The van der Waals surface area contributed by atoms with Gasteiger partial charge in [0.25, 0.3) is 5.91 Å². The number of carboxylic acid groups (broad SMARTS) is 1. The van der Waals surface area contributed by atoms with E-state index in [1.54, 1.807) is 0 Å². The highest BCUT2D eigenvalue weighted by Crippen LogP contribution is 2.17. The first-order chi connectivity index (χ1) is 10.7. The molecule has 1 aromatic rings. The van der Waals surface area contributed by atoms with E-state index < -0.39 is 40.4 Å². The molecule has 0 saturated carbocycles. The Bertz CT molecular complexity index is 740. The van der Waals surface area contributed by atoms with Gasteiger partial charge in [0, 0.05) is 12.7 Å². The Balaban J connectivity index is 2.02. The number of carbonyl (C=O) groups excluding carboxylic acids is 2. The zero-order chi connectivity index (χ0) is 17.2. The Hall–Kier alpha value is -2.40. The van der Waals surface area contributed by atoms with Crippen LogP contribution in [0.15, 0.2) is 17.2 Å².